The van der Waals surface area contributed by atoms with Crippen molar-refractivity contribution in [2.45, 2.75) is 20.3 Å². The molecule has 0 saturated carbocycles. The Bertz CT molecular complexity index is 433. The van der Waals surface area contributed by atoms with Crippen LogP contribution in [0.4, 0.5) is 11.8 Å². The Morgan fingerprint density at radius 2 is 2.05 bits per heavy atom. The van der Waals surface area contributed by atoms with E-state index >= 15 is 0 Å². The molecule has 1 aromatic rings. The van der Waals surface area contributed by atoms with Crippen molar-refractivity contribution in [1.82, 2.24) is 14.9 Å². The molecule has 0 fully saturated rings. The van der Waals surface area contributed by atoms with Crippen molar-refractivity contribution in [3.8, 4) is 0 Å². The van der Waals surface area contributed by atoms with Crippen LogP contribution in [0.2, 0.25) is 0 Å². The topological polar surface area (TPSA) is 61.4 Å². The summed E-state index contributed by atoms with van der Waals surface area (Å²) >= 11 is 0. The van der Waals surface area contributed by atoms with Gasteiger partial charge in [0.2, 0.25) is 11.9 Å². The van der Waals surface area contributed by atoms with Gasteiger partial charge in [0.1, 0.15) is 5.82 Å². The van der Waals surface area contributed by atoms with Crippen molar-refractivity contribution in [1.29, 1.82) is 0 Å². The van der Waals surface area contributed by atoms with Crippen LogP contribution in [-0.4, -0.2) is 55.0 Å². The fourth-order valence-corrected chi connectivity index (χ4v) is 1.56. The van der Waals surface area contributed by atoms with E-state index in [2.05, 4.69) is 22.2 Å². The molecule has 0 aromatic carbocycles. The average molecular weight is 265 g/mol. The zero-order valence-electron chi connectivity index (χ0n) is 12.4. The van der Waals surface area contributed by atoms with Crippen LogP contribution in [0.5, 0.6) is 0 Å². The van der Waals surface area contributed by atoms with Gasteiger partial charge in [-0.3, -0.25) is 4.79 Å². The van der Waals surface area contributed by atoms with Crippen LogP contribution >= 0.6 is 0 Å². The normalized spacial score (nSPS) is 10.2. The number of aromatic nitrogens is 2. The van der Waals surface area contributed by atoms with Crippen LogP contribution in [-0.2, 0) is 4.79 Å². The first-order valence-electron chi connectivity index (χ1n) is 6.44. The van der Waals surface area contributed by atoms with E-state index in [4.69, 9.17) is 0 Å². The minimum Gasteiger partial charge on any atom is -0.354 e. The van der Waals surface area contributed by atoms with E-state index in [1.807, 2.05) is 18.9 Å². The smallest absolute Gasteiger partial charge is 0.241 e. The Labute approximate surface area is 114 Å². The quantitative estimate of drug-likeness (QED) is 0.835. The Balaban J connectivity index is 2.82. The number of rotatable bonds is 6. The molecule has 0 saturated heterocycles. The fourth-order valence-electron chi connectivity index (χ4n) is 1.56. The maximum absolute atomic E-state index is 11.7. The highest BCUT2D eigenvalue weighted by Crippen LogP contribution is 2.16. The Morgan fingerprint density at radius 1 is 1.37 bits per heavy atom. The van der Waals surface area contributed by atoms with Crippen LogP contribution in [0.3, 0.4) is 0 Å². The number of aryl methyl sites for hydroxylation is 1. The van der Waals surface area contributed by atoms with Crippen molar-refractivity contribution in [3.05, 3.63) is 11.8 Å². The largest absolute Gasteiger partial charge is 0.354 e. The zero-order valence-corrected chi connectivity index (χ0v) is 12.4. The van der Waals surface area contributed by atoms with Gasteiger partial charge in [-0.1, -0.05) is 6.92 Å². The molecule has 0 radical (unpaired) electrons. The van der Waals surface area contributed by atoms with Gasteiger partial charge in [0.05, 0.1) is 6.54 Å². The van der Waals surface area contributed by atoms with E-state index < -0.39 is 0 Å². The molecule has 0 aliphatic carbocycles. The lowest BCUT2D eigenvalue weighted by Gasteiger charge is -2.21. The van der Waals surface area contributed by atoms with Gasteiger partial charge in [-0.05, 0) is 13.3 Å². The monoisotopic (exact) mass is 265 g/mol. The second-order valence-corrected chi connectivity index (χ2v) is 4.77. The predicted molar refractivity (Wildman–Crippen MR) is 77.5 cm³/mol. The number of nitrogens with zero attached hydrogens (tertiary/aromatic N) is 4. The minimum absolute atomic E-state index is 0.0450. The van der Waals surface area contributed by atoms with Crippen LogP contribution < -0.4 is 10.2 Å². The lowest BCUT2D eigenvalue weighted by Crippen LogP contribution is -2.35. The van der Waals surface area contributed by atoms with Gasteiger partial charge in [-0.25, -0.2) is 4.98 Å². The second kappa shape index (κ2) is 6.92. The van der Waals surface area contributed by atoms with Crippen LogP contribution in [0.1, 0.15) is 18.9 Å². The Morgan fingerprint density at radius 3 is 2.63 bits per heavy atom. The molecule has 0 aliphatic rings. The number of amides is 1. The molecule has 1 aromatic heterocycles. The number of hydrogen-bond donors (Lipinski definition) is 1. The molecule has 0 bridgehead atoms. The first kappa shape index (κ1) is 15.2. The molecule has 0 unspecified atom stereocenters. The molecule has 0 spiro atoms. The highest BCUT2D eigenvalue weighted by Gasteiger charge is 2.13. The van der Waals surface area contributed by atoms with Gasteiger partial charge in [0, 0.05) is 39.4 Å². The predicted octanol–water partition coefficient (Wildman–Crippen LogP) is 1.13. The lowest BCUT2D eigenvalue weighted by atomic mass is 10.3. The van der Waals surface area contributed by atoms with E-state index in [1.54, 1.807) is 25.2 Å². The zero-order chi connectivity index (χ0) is 14.4. The SMILES string of the molecule is CCCNc1ncc(C)c(N(C)CC(=O)N(C)C)n1. The summed E-state index contributed by atoms with van der Waals surface area (Å²) in [5, 5.41) is 3.15. The number of carbonyl (C=O) groups excluding carboxylic acids is 1. The molecular formula is C13H23N5O. The van der Waals surface area contributed by atoms with Crippen LogP contribution in [0, 0.1) is 6.92 Å². The molecular weight excluding hydrogens is 242 g/mol. The Kier molecular flexibility index (Phi) is 5.54. The number of likely N-dealkylation sites (N-methyl/N-ethyl adjacent to an activating group) is 2. The summed E-state index contributed by atoms with van der Waals surface area (Å²) in [7, 11) is 5.36. The van der Waals surface area contributed by atoms with Gasteiger partial charge in [0.25, 0.3) is 0 Å². The molecule has 19 heavy (non-hydrogen) atoms. The second-order valence-electron chi connectivity index (χ2n) is 4.77. The summed E-state index contributed by atoms with van der Waals surface area (Å²) in [5.41, 5.74) is 0.955. The lowest BCUT2D eigenvalue weighted by molar-refractivity contribution is -0.127. The number of carbonyl (C=O) groups is 1. The van der Waals surface area contributed by atoms with Crippen molar-refractivity contribution < 1.29 is 4.79 Å². The van der Waals surface area contributed by atoms with Crippen LogP contribution in [0.25, 0.3) is 0 Å². The summed E-state index contributed by atoms with van der Waals surface area (Å²) in [5.74, 6) is 1.43. The number of hydrogen-bond acceptors (Lipinski definition) is 5. The van der Waals surface area contributed by atoms with E-state index in [0.717, 1.165) is 24.3 Å². The summed E-state index contributed by atoms with van der Waals surface area (Å²) in [6.45, 7) is 5.17. The van der Waals surface area contributed by atoms with E-state index in [-0.39, 0.29) is 5.91 Å². The summed E-state index contributed by atoms with van der Waals surface area (Å²) in [6, 6.07) is 0. The summed E-state index contributed by atoms with van der Waals surface area (Å²) in [6.07, 6.45) is 2.79. The molecule has 6 nitrogen and oxygen atoms in total. The minimum atomic E-state index is 0.0450. The first-order valence-corrected chi connectivity index (χ1v) is 6.44. The van der Waals surface area contributed by atoms with E-state index in [1.165, 1.54) is 0 Å². The van der Waals surface area contributed by atoms with Crippen molar-refractivity contribution in [2.75, 3.05) is 44.4 Å². The molecule has 0 aliphatic heterocycles. The van der Waals surface area contributed by atoms with Crippen LogP contribution in [0.15, 0.2) is 6.20 Å². The average Bonchev–Trinajstić information content (AvgIpc) is 2.37. The highest BCUT2D eigenvalue weighted by molar-refractivity contribution is 5.80. The molecule has 6 heteroatoms. The van der Waals surface area contributed by atoms with Crippen molar-refractivity contribution in [2.24, 2.45) is 0 Å². The van der Waals surface area contributed by atoms with E-state index in [9.17, 15) is 4.79 Å². The van der Waals surface area contributed by atoms with Crippen molar-refractivity contribution in [3.63, 3.8) is 0 Å². The van der Waals surface area contributed by atoms with Gasteiger partial charge in [-0.15, -0.1) is 0 Å². The van der Waals surface area contributed by atoms with E-state index in [0.29, 0.717) is 12.5 Å². The fraction of sp³-hybridized carbons (Fsp3) is 0.615. The molecule has 1 N–H and O–H groups in total. The van der Waals surface area contributed by atoms with Gasteiger partial charge < -0.3 is 15.1 Å². The first-order chi connectivity index (χ1) is 8.95. The summed E-state index contributed by atoms with van der Waals surface area (Å²) < 4.78 is 0. The van der Waals surface area contributed by atoms with Gasteiger partial charge >= 0.3 is 0 Å². The van der Waals surface area contributed by atoms with Gasteiger partial charge in [-0.2, -0.15) is 4.98 Å². The number of anilines is 2. The third-order valence-corrected chi connectivity index (χ3v) is 2.71. The maximum atomic E-state index is 11.7. The third-order valence-electron chi connectivity index (χ3n) is 2.71. The molecule has 1 rings (SSSR count). The Hall–Kier alpha value is -1.85. The van der Waals surface area contributed by atoms with Gasteiger partial charge in [0.15, 0.2) is 0 Å². The third kappa shape index (κ3) is 4.39. The molecule has 1 heterocycles. The molecule has 1 amide bonds. The molecule has 106 valence electrons. The summed E-state index contributed by atoms with van der Waals surface area (Å²) in [4.78, 5) is 23.8. The van der Waals surface area contributed by atoms with Crippen molar-refractivity contribution >= 4 is 17.7 Å². The maximum Gasteiger partial charge on any atom is 0.241 e. The standard InChI is InChI=1S/C13H23N5O/c1-6-7-14-13-15-8-10(2)12(16-13)18(5)9-11(19)17(3)4/h8H,6-7,9H2,1-5H3,(H,14,15,16). The highest BCUT2D eigenvalue weighted by atomic mass is 16.2. The number of nitrogens with one attached hydrogen (secondary N) is 1. The molecule has 0 atom stereocenters.